The van der Waals surface area contributed by atoms with E-state index >= 15 is 0 Å². The lowest BCUT2D eigenvalue weighted by Gasteiger charge is -2.08. The van der Waals surface area contributed by atoms with Crippen LogP contribution in [0.2, 0.25) is 0 Å². The highest BCUT2D eigenvalue weighted by molar-refractivity contribution is 5.98. The van der Waals surface area contributed by atoms with Gasteiger partial charge in [-0.25, -0.2) is 10.3 Å². The van der Waals surface area contributed by atoms with Crippen molar-refractivity contribution < 1.29 is 9.63 Å². The van der Waals surface area contributed by atoms with Crippen molar-refractivity contribution in [2.75, 3.05) is 5.32 Å². The fourth-order valence-electron chi connectivity index (χ4n) is 2.83. The zero-order valence-electron chi connectivity index (χ0n) is 15.6. The fourth-order valence-corrected chi connectivity index (χ4v) is 2.83. The van der Waals surface area contributed by atoms with Crippen LogP contribution >= 0.6 is 0 Å². The predicted octanol–water partition coefficient (Wildman–Crippen LogP) is 5.04. The Morgan fingerprint density at radius 3 is 2.82 bits per heavy atom. The number of anilines is 1. The van der Waals surface area contributed by atoms with Gasteiger partial charge in [-0.3, -0.25) is 9.83 Å². The number of H-pyrrole nitrogens is 1. The lowest BCUT2D eigenvalue weighted by Crippen LogP contribution is -2.28. The van der Waals surface area contributed by atoms with Crippen LogP contribution in [0.5, 0.6) is 0 Å². The average molecular weight is 374 g/mol. The molecule has 0 saturated heterocycles. The molecule has 0 aliphatic heterocycles. The molecule has 3 aromatic rings. The Hall–Kier alpha value is -3.64. The Balaban J connectivity index is 1.63. The van der Waals surface area contributed by atoms with Crippen molar-refractivity contribution in [3.05, 3.63) is 84.2 Å². The van der Waals surface area contributed by atoms with E-state index in [0.29, 0.717) is 12.3 Å². The van der Waals surface area contributed by atoms with Gasteiger partial charge in [0.25, 0.3) is 0 Å². The molecular weight excluding hydrogens is 352 g/mol. The van der Waals surface area contributed by atoms with Gasteiger partial charge in [0, 0.05) is 34.6 Å². The lowest BCUT2D eigenvalue weighted by molar-refractivity contribution is 0.0536. The largest absolute Gasteiger partial charge is 0.360 e. The summed E-state index contributed by atoms with van der Waals surface area (Å²) in [6.45, 7) is 5.73. The molecule has 0 fully saturated rings. The molecular formula is C22H22N4O2. The van der Waals surface area contributed by atoms with Gasteiger partial charge in [0.05, 0.1) is 6.61 Å². The highest BCUT2D eigenvalue weighted by Gasteiger charge is 2.08. The number of carbonyl (C=O) groups excluding carboxylic acids is 1. The highest BCUT2D eigenvalue weighted by atomic mass is 16.7. The fraction of sp³-hybridized carbons (Fsp3) is 0.0909. The molecule has 0 bridgehead atoms. The van der Waals surface area contributed by atoms with Crippen LogP contribution in [-0.4, -0.2) is 17.7 Å². The summed E-state index contributed by atoms with van der Waals surface area (Å²) >= 11 is 0. The number of aliphatic imine (C=N–C) groups is 1. The normalized spacial score (nSPS) is 11.7. The molecule has 142 valence electrons. The monoisotopic (exact) mass is 374 g/mol. The van der Waals surface area contributed by atoms with E-state index < -0.39 is 6.03 Å². The quantitative estimate of drug-likeness (QED) is 0.308. The van der Waals surface area contributed by atoms with Gasteiger partial charge in [-0.2, -0.15) is 0 Å². The van der Waals surface area contributed by atoms with Crippen molar-refractivity contribution in [3.63, 3.8) is 0 Å². The van der Waals surface area contributed by atoms with E-state index in [-0.39, 0.29) is 0 Å². The summed E-state index contributed by atoms with van der Waals surface area (Å²) in [5.74, 6) is 0. The number of allylic oxidation sites excluding steroid dienone is 3. The number of urea groups is 1. The van der Waals surface area contributed by atoms with Gasteiger partial charge in [0.1, 0.15) is 0 Å². The van der Waals surface area contributed by atoms with Crippen molar-refractivity contribution in [2.45, 2.75) is 13.5 Å². The maximum absolute atomic E-state index is 12.0. The maximum Gasteiger partial charge on any atom is 0.343 e. The third-order valence-electron chi connectivity index (χ3n) is 4.17. The number of carbonyl (C=O) groups is 1. The summed E-state index contributed by atoms with van der Waals surface area (Å²) in [5.41, 5.74) is 7.03. The Morgan fingerprint density at radius 1 is 1.25 bits per heavy atom. The minimum Gasteiger partial charge on any atom is -0.360 e. The molecule has 0 saturated carbocycles. The number of aromatic nitrogens is 1. The number of nitrogens with one attached hydrogen (secondary N) is 3. The Kier molecular flexibility index (Phi) is 6.38. The van der Waals surface area contributed by atoms with Crippen LogP contribution in [0, 0.1) is 0 Å². The molecule has 2 amide bonds. The number of benzene rings is 2. The minimum absolute atomic E-state index is 0.298. The van der Waals surface area contributed by atoms with Crippen molar-refractivity contribution >= 4 is 34.9 Å². The number of amides is 2. The molecule has 1 heterocycles. The number of rotatable bonds is 7. The molecule has 0 atom stereocenters. The van der Waals surface area contributed by atoms with E-state index in [4.69, 9.17) is 4.84 Å². The first-order chi connectivity index (χ1) is 13.7. The molecule has 6 nitrogen and oxygen atoms in total. The first kappa shape index (κ1) is 19.1. The first-order valence-electron chi connectivity index (χ1n) is 8.84. The summed E-state index contributed by atoms with van der Waals surface area (Å²) < 4.78 is 0. The summed E-state index contributed by atoms with van der Waals surface area (Å²) in [5, 5.41) is 3.81. The number of hydrogen-bond acceptors (Lipinski definition) is 3. The van der Waals surface area contributed by atoms with E-state index in [1.165, 1.54) is 0 Å². The van der Waals surface area contributed by atoms with Crippen molar-refractivity contribution in [3.8, 4) is 0 Å². The van der Waals surface area contributed by atoms with Crippen LogP contribution in [0.15, 0.2) is 78.1 Å². The van der Waals surface area contributed by atoms with E-state index in [0.717, 1.165) is 27.6 Å². The molecule has 28 heavy (non-hydrogen) atoms. The highest BCUT2D eigenvalue weighted by Crippen LogP contribution is 2.28. The van der Waals surface area contributed by atoms with Crippen LogP contribution < -0.4 is 10.8 Å². The second-order valence-electron chi connectivity index (χ2n) is 6.04. The van der Waals surface area contributed by atoms with Gasteiger partial charge in [-0.1, -0.05) is 42.5 Å². The number of hydrogen-bond donors (Lipinski definition) is 3. The van der Waals surface area contributed by atoms with E-state index in [1.807, 2.05) is 73.8 Å². The second-order valence-corrected chi connectivity index (χ2v) is 6.04. The second kappa shape index (κ2) is 9.34. The maximum atomic E-state index is 12.0. The summed E-state index contributed by atoms with van der Waals surface area (Å²) in [6, 6.07) is 14.9. The number of aromatic amines is 1. The van der Waals surface area contributed by atoms with Gasteiger partial charge in [-0.05, 0) is 43.0 Å². The topological polar surface area (TPSA) is 78.5 Å². The van der Waals surface area contributed by atoms with Crippen molar-refractivity contribution in [1.82, 2.24) is 10.5 Å². The summed E-state index contributed by atoms with van der Waals surface area (Å²) in [6.07, 6.45) is 7.50. The molecule has 6 heteroatoms. The summed E-state index contributed by atoms with van der Waals surface area (Å²) in [4.78, 5) is 24.2. The molecule has 2 aromatic carbocycles. The molecule has 0 aliphatic carbocycles. The van der Waals surface area contributed by atoms with Gasteiger partial charge < -0.3 is 10.3 Å². The van der Waals surface area contributed by atoms with Gasteiger partial charge in [0.2, 0.25) is 0 Å². The smallest absolute Gasteiger partial charge is 0.343 e. The van der Waals surface area contributed by atoms with Crippen LogP contribution in [-0.2, 0) is 11.4 Å². The van der Waals surface area contributed by atoms with E-state index in [1.54, 1.807) is 6.20 Å². The first-order valence-corrected chi connectivity index (χ1v) is 8.84. The third kappa shape index (κ3) is 4.75. The number of nitrogens with zero attached hydrogens (tertiary/aromatic N) is 1. The standard InChI is InChI=1S/C22H22N4O2/c1-3-17(11-12-23-2)20-14-24-21-13-18(9-10-19(20)21)25-22(27)26-28-15-16-7-5-4-6-8-16/h3-14,24H,2,15H2,1H3,(H2,25,26,27)/b12-11-,17-3+. The van der Waals surface area contributed by atoms with Gasteiger partial charge in [0.15, 0.2) is 0 Å². The third-order valence-corrected chi connectivity index (χ3v) is 4.17. The minimum atomic E-state index is -0.434. The summed E-state index contributed by atoms with van der Waals surface area (Å²) in [7, 11) is 0. The number of fused-ring (bicyclic) bond motifs is 1. The Morgan fingerprint density at radius 2 is 2.07 bits per heavy atom. The average Bonchev–Trinajstić information content (AvgIpc) is 3.13. The van der Waals surface area contributed by atoms with E-state index in [9.17, 15) is 4.79 Å². The number of hydroxylamine groups is 1. The van der Waals surface area contributed by atoms with Crippen LogP contribution in [0.4, 0.5) is 10.5 Å². The van der Waals surface area contributed by atoms with Crippen LogP contribution in [0.1, 0.15) is 18.1 Å². The van der Waals surface area contributed by atoms with Crippen molar-refractivity contribution in [2.24, 2.45) is 4.99 Å². The molecule has 0 aliphatic rings. The zero-order chi connectivity index (χ0) is 19.8. The molecule has 1 aromatic heterocycles. The zero-order valence-corrected chi connectivity index (χ0v) is 15.6. The van der Waals surface area contributed by atoms with Crippen LogP contribution in [0.25, 0.3) is 16.5 Å². The molecule has 0 unspecified atom stereocenters. The molecule has 3 rings (SSSR count). The van der Waals surface area contributed by atoms with Crippen molar-refractivity contribution in [1.29, 1.82) is 0 Å². The van der Waals surface area contributed by atoms with Gasteiger partial charge in [-0.15, -0.1) is 0 Å². The predicted molar refractivity (Wildman–Crippen MR) is 114 cm³/mol. The SMILES string of the molecule is C=N/C=C\C(=C/C)c1c[nH]c2cc(NC(=O)NOCc3ccccc3)ccc12. The Bertz CT molecular complexity index is 1020. The Labute approximate surface area is 163 Å². The van der Waals surface area contributed by atoms with E-state index in [2.05, 4.69) is 27.5 Å². The molecule has 0 spiro atoms. The molecule has 3 N–H and O–H groups in total. The van der Waals surface area contributed by atoms with Crippen LogP contribution in [0.3, 0.4) is 0 Å². The lowest BCUT2D eigenvalue weighted by atomic mass is 10.0. The van der Waals surface area contributed by atoms with Gasteiger partial charge >= 0.3 is 6.03 Å². The molecule has 0 radical (unpaired) electrons.